The number of methoxy groups -OCH3 is 1. The maximum Gasteiger partial charge on any atom is 0.251 e. The molecule has 1 atom stereocenters. The minimum atomic E-state index is 0.0129. The van der Waals surface area contributed by atoms with E-state index in [9.17, 15) is 4.79 Å². The van der Waals surface area contributed by atoms with Gasteiger partial charge in [0.05, 0.1) is 7.11 Å². The topological polar surface area (TPSA) is 38.3 Å². The molecule has 0 aliphatic carbocycles. The Kier molecular flexibility index (Phi) is 3.36. The van der Waals surface area contributed by atoms with Crippen molar-refractivity contribution in [3.05, 3.63) is 29.3 Å². The number of hydrogen-bond acceptors (Lipinski definition) is 2. The van der Waals surface area contributed by atoms with Gasteiger partial charge >= 0.3 is 0 Å². The minimum absolute atomic E-state index is 0.0129. The lowest BCUT2D eigenvalue weighted by atomic mass is 9.85. The molecule has 1 heterocycles. The standard InChI is InChI=1S/C14H19NO2/c1-9(2)6-10-8-15-14(16)13-7-11(17-3)4-5-12(10)13/h4-5,7,9-10H,6,8H2,1-3H3,(H,15,16). The van der Waals surface area contributed by atoms with Gasteiger partial charge in [-0.3, -0.25) is 4.79 Å². The van der Waals surface area contributed by atoms with Crippen molar-refractivity contribution in [1.29, 1.82) is 0 Å². The maximum atomic E-state index is 11.8. The summed E-state index contributed by atoms with van der Waals surface area (Å²) in [6.45, 7) is 5.16. The summed E-state index contributed by atoms with van der Waals surface area (Å²) in [6.07, 6.45) is 1.10. The number of ether oxygens (including phenoxy) is 1. The second-order valence-electron chi connectivity index (χ2n) is 4.99. The quantitative estimate of drug-likeness (QED) is 0.871. The van der Waals surface area contributed by atoms with Gasteiger partial charge in [0.15, 0.2) is 0 Å². The largest absolute Gasteiger partial charge is 0.497 e. The van der Waals surface area contributed by atoms with E-state index in [2.05, 4.69) is 19.2 Å². The summed E-state index contributed by atoms with van der Waals surface area (Å²) in [5.74, 6) is 1.81. The first kappa shape index (κ1) is 12.0. The second kappa shape index (κ2) is 4.78. The van der Waals surface area contributed by atoms with E-state index in [1.807, 2.05) is 18.2 Å². The molecule has 0 saturated carbocycles. The highest BCUT2D eigenvalue weighted by atomic mass is 16.5. The summed E-state index contributed by atoms with van der Waals surface area (Å²) >= 11 is 0. The first-order valence-corrected chi connectivity index (χ1v) is 6.08. The third-order valence-corrected chi connectivity index (χ3v) is 3.21. The van der Waals surface area contributed by atoms with Crippen LogP contribution in [0.5, 0.6) is 5.75 Å². The van der Waals surface area contributed by atoms with Crippen LogP contribution in [-0.2, 0) is 0 Å². The lowest BCUT2D eigenvalue weighted by molar-refractivity contribution is 0.0937. The summed E-state index contributed by atoms with van der Waals surface area (Å²) in [5.41, 5.74) is 1.92. The monoisotopic (exact) mass is 233 g/mol. The Morgan fingerprint density at radius 2 is 2.24 bits per heavy atom. The van der Waals surface area contributed by atoms with Gasteiger partial charge in [0, 0.05) is 18.0 Å². The molecule has 0 spiro atoms. The molecule has 1 aromatic carbocycles. The van der Waals surface area contributed by atoms with Crippen LogP contribution in [-0.4, -0.2) is 19.6 Å². The number of amides is 1. The predicted molar refractivity (Wildman–Crippen MR) is 67.5 cm³/mol. The summed E-state index contributed by atoms with van der Waals surface area (Å²) in [4.78, 5) is 11.8. The number of carbonyl (C=O) groups is 1. The van der Waals surface area contributed by atoms with E-state index in [1.54, 1.807) is 7.11 Å². The van der Waals surface area contributed by atoms with Crippen molar-refractivity contribution in [2.75, 3.05) is 13.7 Å². The molecule has 3 nitrogen and oxygen atoms in total. The maximum absolute atomic E-state index is 11.8. The molecule has 1 unspecified atom stereocenters. The molecular weight excluding hydrogens is 214 g/mol. The molecule has 1 aromatic rings. The van der Waals surface area contributed by atoms with Crippen LogP contribution in [0, 0.1) is 5.92 Å². The van der Waals surface area contributed by atoms with E-state index in [0.29, 0.717) is 11.8 Å². The number of nitrogens with one attached hydrogen (secondary N) is 1. The molecule has 0 aromatic heterocycles. The van der Waals surface area contributed by atoms with E-state index in [1.165, 1.54) is 0 Å². The SMILES string of the molecule is COc1ccc2c(c1)C(=O)NCC2CC(C)C. The first-order chi connectivity index (χ1) is 8.11. The molecule has 0 bridgehead atoms. The summed E-state index contributed by atoms with van der Waals surface area (Å²) in [5, 5.41) is 2.95. The molecule has 3 heteroatoms. The van der Waals surface area contributed by atoms with Gasteiger partial charge in [-0.2, -0.15) is 0 Å². The van der Waals surface area contributed by atoms with Gasteiger partial charge in [-0.05, 0) is 30.0 Å². The lowest BCUT2D eigenvalue weighted by Gasteiger charge is -2.27. The van der Waals surface area contributed by atoms with Crippen LogP contribution in [0.3, 0.4) is 0 Å². The van der Waals surface area contributed by atoms with Crippen LogP contribution < -0.4 is 10.1 Å². The van der Waals surface area contributed by atoms with E-state index in [4.69, 9.17) is 4.74 Å². The summed E-state index contributed by atoms with van der Waals surface area (Å²) in [7, 11) is 1.62. The van der Waals surface area contributed by atoms with Crippen LogP contribution in [0.25, 0.3) is 0 Å². The highest BCUT2D eigenvalue weighted by molar-refractivity contribution is 5.97. The molecular formula is C14H19NO2. The van der Waals surface area contributed by atoms with Crippen molar-refractivity contribution in [3.63, 3.8) is 0 Å². The third-order valence-electron chi connectivity index (χ3n) is 3.21. The molecule has 1 amide bonds. The highest BCUT2D eigenvalue weighted by Gasteiger charge is 2.25. The molecule has 17 heavy (non-hydrogen) atoms. The summed E-state index contributed by atoms with van der Waals surface area (Å²) < 4.78 is 5.16. The van der Waals surface area contributed by atoms with Crippen LogP contribution >= 0.6 is 0 Å². The summed E-state index contributed by atoms with van der Waals surface area (Å²) in [6, 6.07) is 5.79. The van der Waals surface area contributed by atoms with E-state index < -0.39 is 0 Å². The normalized spacial score (nSPS) is 18.8. The minimum Gasteiger partial charge on any atom is -0.497 e. The molecule has 0 radical (unpaired) electrons. The number of hydrogen-bond donors (Lipinski definition) is 1. The number of benzene rings is 1. The van der Waals surface area contributed by atoms with Crippen molar-refractivity contribution in [3.8, 4) is 5.75 Å². The third kappa shape index (κ3) is 2.43. The van der Waals surface area contributed by atoms with Crippen molar-refractivity contribution in [2.24, 2.45) is 5.92 Å². The fourth-order valence-electron chi connectivity index (χ4n) is 2.42. The van der Waals surface area contributed by atoms with E-state index in [0.717, 1.165) is 29.8 Å². The smallest absolute Gasteiger partial charge is 0.251 e. The van der Waals surface area contributed by atoms with E-state index >= 15 is 0 Å². The number of rotatable bonds is 3. The first-order valence-electron chi connectivity index (χ1n) is 6.08. The van der Waals surface area contributed by atoms with Crippen LogP contribution in [0.1, 0.15) is 42.1 Å². The Balaban J connectivity index is 2.36. The van der Waals surface area contributed by atoms with Gasteiger partial charge < -0.3 is 10.1 Å². The Bertz CT molecular complexity index is 426. The zero-order valence-corrected chi connectivity index (χ0v) is 10.6. The van der Waals surface area contributed by atoms with Gasteiger partial charge in [-0.25, -0.2) is 0 Å². The zero-order valence-electron chi connectivity index (χ0n) is 10.6. The Morgan fingerprint density at radius 3 is 2.88 bits per heavy atom. The molecule has 1 N–H and O–H groups in total. The zero-order chi connectivity index (χ0) is 12.4. The van der Waals surface area contributed by atoms with Gasteiger partial charge in [0.1, 0.15) is 5.75 Å². The van der Waals surface area contributed by atoms with Crippen molar-refractivity contribution >= 4 is 5.91 Å². The average Bonchev–Trinajstić information content (AvgIpc) is 2.32. The van der Waals surface area contributed by atoms with Crippen molar-refractivity contribution in [1.82, 2.24) is 5.32 Å². The van der Waals surface area contributed by atoms with Gasteiger partial charge in [-0.15, -0.1) is 0 Å². The van der Waals surface area contributed by atoms with Crippen molar-refractivity contribution < 1.29 is 9.53 Å². The second-order valence-corrected chi connectivity index (χ2v) is 4.99. The molecule has 1 aliphatic rings. The fraction of sp³-hybridized carbons (Fsp3) is 0.500. The molecule has 92 valence electrons. The fourth-order valence-corrected chi connectivity index (χ4v) is 2.42. The molecule has 0 saturated heterocycles. The van der Waals surface area contributed by atoms with Crippen LogP contribution in [0.2, 0.25) is 0 Å². The molecule has 1 aliphatic heterocycles. The Labute approximate surface area is 102 Å². The van der Waals surface area contributed by atoms with Gasteiger partial charge in [0.25, 0.3) is 5.91 Å². The molecule has 0 fully saturated rings. The van der Waals surface area contributed by atoms with Crippen LogP contribution in [0.15, 0.2) is 18.2 Å². The van der Waals surface area contributed by atoms with Gasteiger partial charge in [-0.1, -0.05) is 19.9 Å². The van der Waals surface area contributed by atoms with E-state index in [-0.39, 0.29) is 5.91 Å². The van der Waals surface area contributed by atoms with Crippen LogP contribution in [0.4, 0.5) is 0 Å². The lowest BCUT2D eigenvalue weighted by Crippen LogP contribution is -2.35. The Hall–Kier alpha value is -1.51. The molecule has 2 rings (SSSR count). The number of fused-ring (bicyclic) bond motifs is 1. The predicted octanol–water partition coefficient (Wildman–Crippen LogP) is 2.57. The average molecular weight is 233 g/mol. The highest BCUT2D eigenvalue weighted by Crippen LogP contribution is 2.31. The van der Waals surface area contributed by atoms with Crippen molar-refractivity contribution in [2.45, 2.75) is 26.2 Å². The number of carbonyl (C=O) groups excluding carboxylic acids is 1. The van der Waals surface area contributed by atoms with Gasteiger partial charge in [0.2, 0.25) is 0 Å². The Morgan fingerprint density at radius 1 is 1.47 bits per heavy atom.